The average molecular weight is 369 g/mol. The number of carbonyl (C=O) groups is 1. The van der Waals surface area contributed by atoms with Gasteiger partial charge in [0.25, 0.3) is 5.56 Å². The molecule has 0 radical (unpaired) electrons. The molecule has 2 rings (SSSR count). The van der Waals surface area contributed by atoms with Crippen LogP contribution in [0, 0.1) is 11.6 Å². The number of nitrogens with one attached hydrogen (secondary N) is 2. The summed E-state index contributed by atoms with van der Waals surface area (Å²) in [4.78, 5) is 30.7. The lowest BCUT2D eigenvalue weighted by Gasteiger charge is -2.14. The Morgan fingerprint density at radius 1 is 1.40 bits per heavy atom. The summed E-state index contributed by atoms with van der Waals surface area (Å²) in [6.45, 7) is 1.94. The number of hydrogen-bond acceptors (Lipinski definition) is 5. The number of carbonyl (C=O) groups excluding carboxylic acids is 1. The number of anilines is 1. The Kier molecular flexibility index (Phi) is 6.65. The number of rotatable bonds is 7. The summed E-state index contributed by atoms with van der Waals surface area (Å²) in [6.07, 6.45) is 0.414. The fourth-order valence-electron chi connectivity index (χ4n) is 2.02. The summed E-state index contributed by atoms with van der Waals surface area (Å²) in [6, 6.07) is 4.21. The molecular weight excluding hydrogens is 352 g/mol. The van der Waals surface area contributed by atoms with Crippen molar-refractivity contribution in [2.24, 2.45) is 0 Å². The van der Waals surface area contributed by atoms with Crippen molar-refractivity contribution in [2.45, 2.75) is 30.4 Å². The Morgan fingerprint density at radius 2 is 2.16 bits per heavy atom. The quantitative estimate of drug-likeness (QED) is 0.579. The number of H-pyrrole nitrogens is 1. The Morgan fingerprint density at radius 3 is 2.80 bits per heavy atom. The molecule has 6 nitrogen and oxygen atoms in total. The molecular formula is C16H17F2N3O3S. The molecule has 0 saturated carbocycles. The number of benzene rings is 1. The number of thioether (sulfide) groups is 1. The number of aromatic amines is 1. The van der Waals surface area contributed by atoms with E-state index in [-0.39, 0.29) is 23.0 Å². The molecule has 0 fully saturated rings. The maximum Gasteiger partial charge on any atom is 0.251 e. The van der Waals surface area contributed by atoms with Gasteiger partial charge in [0.1, 0.15) is 11.6 Å². The predicted octanol–water partition coefficient (Wildman–Crippen LogP) is 2.70. The first-order chi connectivity index (χ1) is 11.9. The lowest BCUT2D eigenvalue weighted by atomic mass is 10.2. The van der Waals surface area contributed by atoms with E-state index in [0.717, 1.165) is 23.9 Å². The minimum absolute atomic E-state index is 0.111. The highest BCUT2D eigenvalue weighted by molar-refractivity contribution is 8.00. The van der Waals surface area contributed by atoms with E-state index < -0.39 is 22.8 Å². The van der Waals surface area contributed by atoms with E-state index in [1.165, 1.54) is 13.2 Å². The molecule has 0 aliphatic carbocycles. The van der Waals surface area contributed by atoms with Crippen molar-refractivity contribution in [3.8, 4) is 0 Å². The number of ether oxygens (including phenoxy) is 1. The number of amides is 1. The zero-order valence-corrected chi connectivity index (χ0v) is 14.5. The molecule has 0 spiro atoms. The first-order valence-corrected chi connectivity index (χ1v) is 8.32. The highest BCUT2D eigenvalue weighted by atomic mass is 32.2. The minimum Gasteiger partial charge on any atom is -0.378 e. The molecule has 0 aliphatic heterocycles. The van der Waals surface area contributed by atoms with Crippen molar-refractivity contribution in [2.75, 3.05) is 12.4 Å². The van der Waals surface area contributed by atoms with Crippen molar-refractivity contribution in [3.05, 3.63) is 51.9 Å². The van der Waals surface area contributed by atoms with E-state index in [9.17, 15) is 18.4 Å². The van der Waals surface area contributed by atoms with Crippen LogP contribution in [0.15, 0.2) is 34.2 Å². The van der Waals surface area contributed by atoms with E-state index >= 15 is 0 Å². The monoisotopic (exact) mass is 369 g/mol. The third-order valence-electron chi connectivity index (χ3n) is 3.17. The molecule has 2 aromatic rings. The predicted molar refractivity (Wildman–Crippen MR) is 90.5 cm³/mol. The van der Waals surface area contributed by atoms with Gasteiger partial charge in [-0.2, -0.15) is 0 Å². The minimum atomic E-state index is -0.859. The fourth-order valence-corrected chi connectivity index (χ4v) is 2.95. The van der Waals surface area contributed by atoms with Gasteiger partial charge in [-0.1, -0.05) is 18.7 Å². The smallest absolute Gasteiger partial charge is 0.251 e. The summed E-state index contributed by atoms with van der Waals surface area (Å²) >= 11 is 1.05. The second-order valence-electron chi connectivity index (χ2n) is 5.10. The molecule has 0 aliphatic rings. The molecule has 1 aromatic carbocycles. The van der Waals surface area contributed by atoms with E-state index in [4.69, 9.17) is 4.74 Å². The van der Waals surface area contributed by atoms with E-state index in [1.807, 2.05) is 0 Å². The Labute approximate surface area is 147 Å². The van der Waals surface area contributed by atoms with Gasteiger partial charge in [-0.05, 0) is 18.6 Å². The number of nitrogens with zero attached hydrogens (tertiary/aromatic N) is 1. The fraction of sp³-hybridized carbons (Fsp3) is 0.312. The SMILES string of the molecule is CCC(Sc1nc(COC)cc(=O)[nH]1)C(=O)Nc1ccc(F)cc1F. The summed E-state index contributed by atoms with van der Waals surface area (Å²) in [5.74, 6) is -2.06. The molecule has 2 N–H and O–H groups in total. The van der Waals surface area contributed by atoms with E-state index in [2.05, 4.69) is 15.3 Å². The summed E-state index contributed by atoms with van der Waals surface area (Å²) in [5.41, 5.74) is -0.0296. The zero-order chi connectivity index (χ0) is 18.4. The van der Waals surface area contributed by atoms with Gasteiger partial charge < -0.3 is 15.0 Å². The summed E-state index contributed by atoms with van der Waals surface area (Å²) < 4.78 is 31.5. The van der Waals surface area contributed by atoms with Crippen molar-refractivity contribution in [3.63, 3.8) is 0 Å². The lowest BCUT2D eigenvalue weighted by molar-refractivity contribution is -0.115. The van der Waals surface area contributed by atoms with Crippen LogP contribution in [-0.4, -0.2) is 28.2 Å². The normalized spacial score (nSPS) is 12.0. The number of hydrogen-bond donors (Lipinski definition) is 2. The van der Waals surface area contributed by atoms with Crippen LogP contribution in [0.5, 0.6) is 0 Å². The maximum atomic E-state index is 13.7. The summed E-state index contributed by atoms with van der Waals surface area (Å²) in [7, 11) is 1.48. The lowest BCUT2D eigenvalue weighted by Crippen LogP contribution is -2.26. The van der Waals surface area contributed by atoms with Crippen LogP contribution in [0.4, 0.5) is 14.5 Å². The molecule has 1 heterocycles. The van der Waals surface area contributed by atoms with E-state index in [0.29, 0.717) is 18.2 Å². The van der Waals surface area contributed by atoms with Crippen LogP contribution in [0.1, 0.15) is 19.0 Å². The summed E-state index contributed by atoms with van der Waals surface area (Å²) in [5, 5.41) is 2.06. The highest BCUT2D eigenvalue weighted by Crippen LogP contribution is 2.24. The Bertz CT molecular complexity index is 813. The molecule has 9 heteroatoms. The van der Waals surface area contributed by atoms with Crippen LogP contribution in [0.2, 0.25) is 0 Å². The van der Waals surface area contributed by atoms with Crippen LogP contribution >= 0.6 is 11.8 Å². The average Bonchev–Trinajstić information content (AvgIpc) is 2.55. The largest absolute Gasteiger partial charge is 0.378 e. The second-order valence-corrected chi connectivity index (χ2v) is 6.29. The van der Waals surface area contributed by atoms with Crippen molar-refractivity contribution >= 4 is 23.4 Å². The molecule has 1 atom stereocenters. The van der Waals surface area contributed by atoms with Crippen molar-refractivity contribution < 1.29 is 18.3 Å². The van der Waals surface area contributed by atoms with Crippen LogP contribution in [0.3, 0.4) is 0 Å². The third-order valence-corrected chi connectivity index (χ3v) is 4.42. The zero-order valence-electron chi connectivity index (χ0n) is 13.6. The van der Waals surface area contributed by atoms with Crippen LogP contribution < -0.4 is 10.9 Å². The molecule has 25 heavy (non-hydrogen) atoms. The molecule has 0 bridgehead atoms. The van der Waals surface area contributed by atoms with E-state index in [1.54, 1.807) is 6.92 Å². The van der Waals surface area contributed by atoms with Gasteiger partial charge in [-0.25, -0.2) is 13.8 Å². The first kappa shape index (κ1) is 19.1. The standard InChI is InChI=1S/C16H17F2N3O3S/c1-3-13(15(23)20-12-5-4-9(17)6-11(12)18)25-16-19-10(8-24-2)7-14(22)21-16/h4-7,13H,3,8H2,1-2H3,(H,20,23)(H,19,21,22). The van der Waals surface area contributed by atoms with Gasteiger partial charge in [0.2, 0.25) is 5.91 Å². The first-order valence-electron chi connectivity index (χ1n) is 7.44. The number of methoxy groups -OCH3 is 1. The molecule has 1 amide bonds. The Hall–Kier alpha value is -2.26. The topological polar surface area (TPSA) is 84.1 Å². The van der Waals surface area contributed by atoms with Gasteiger partial charge in [0.05, 0.1) is 23.2 Å². The van der Waals surface area contributed by atoms with Gasteiger partial charge in [0.15, 0.2) is 5.16 Å². The molecule has 0 saturated heterocycles. The molecule has 134 valence electrons. The van der Waals surface area contributed by atoms with Crippen LogP contribution in [0.25, 0.3) is 0 Å². The van der Waals surface area contributed by atoms with Crippen molar-refractivity contribution in [1.82, 2.24) is 9.97 Å². The van der Waals surface area contributed by atoms with Crippen LogP contribution in [-0.2, 0) is 16.1 Å². The Balaban J connectivity index is 2.13. The second kappa shape index (κ2) is 8.72. The van der Waals surface area contributed by atoms with Gasteiger partial charge in [0, 0.05) is 19.2 Å². The third kappa shape index (κ3) is 5.36. The van der Waals surface area contributed by atoms with Gasteiger partial charge >= 0.3 is 0 Å². The number of aromatic nitrogens is 2. The highest BCUT2D eigenvalue weighted by Gasteiger charge is 2.21. The number of halogens is 2. The molecule has 1 aromatic heterocycles. The van der Waals surface area contributed by atoms with Crippen molar-refractivity contribution in [1.29, 1.82) is 0 Å². The molecule has 1 unspecified atom stereocenters. The van der Waals surface area contributed by atoms with Gasteiger partial charge in [-0.3, -0.25) is 9.59 Å². The maximum absolute atomic E-state index is 13.7. The van der Waals surface area contributed by atoms with Gasteiger partial charge in [-0.15, -0.1) is 0 Å².